The summed E-state index contributed by atoms with van der Waals surface area (Å²) >= 11 is 0. The third-order valence-corrected chi connectivity index (χ3v) is 2.76. The molecule has 0 atom stereocenters. The molecule has 2 aromatic rings. The molecule has 0 aliphatic carbocycles. The van der Waals surface area contributed by atoms with Crippen LogP contribution in [-0.2, 0) is 0 Å². The molecule has 0 saturated heterocycles. The summed E-state index contributed by atoms with van der Waals surface area (Å²) in [5, 5.41) is 5.86. The van der Waals surface area contributed by atoms with Crippen molar-refractivity contribution >= 4 is 17.4 Å². The normalized spacial score (nSPS) is 10.0. The van der Waals surface area contributed by atoms with Crippen molar-refractivity contribution in [1.29, 1.82) is 0 Å². The molecule has 1 aromatic heterocycles. The maximum atomic E-state index is 11.7. The molecule has 0 spiro atoms. The second-order valence-electron chi connectivity index (χ2n) is 4.40. The molecule has 0 radical (unpaired) electrons. The molecule has 0 bridgehead atoms. The van der Waals surface area contributed by atoms with Crippen LogP contribution >= 0.6 is 0 Å². The summed E-state index contributed by atoms with van der Waals surface area (Å²) in [5.41, 5.74) is 1.14. The molecular weight excluding hydrogens is 268 g/mol. The molecule has 1 amide bonds. The van der Waals surface area contributed by atoms with Crippen LogP contribution in [0.4, 0.5) is 11.5 Å². The second-order valence-corrected chi connectivity index (χ2v) is 4.40. The summed E-state index contributed by atoms with van der Waals surface area (Å²) in [7, 11) is 1.61. The summed E-state index contributed by atoms with van der Waals surface area (Å²) in [4.78, 5) is 20.0. The van der Waals surface area contributed by atoms with Gasteiger partial charge in [-0.05, 0) is 18.6 Å². The number of aromatic nitrogens is 2. The highest BCUT2D eigenvalue weighted by Crippen LogP contribution is 2.19. The average Bonchev–Trinajstić information content (AvgIpc) is 2.53. The maximum absolute atomic E-state index is 11.7. The summed E-state index contributed by atoms with van der Waals surface area (Å²) in [6, 6.07) is 7.48. The van der Waals surface area contributed by atoms with Crippen LogP contribution in [0.1, 0.15) is 23.8 Å². The first-order valence-corrected chi connectivity index (χ1v) is 6.74. The van der Waals surface area contributed by atoms with E-state index >= 15 is 0 Å². The molecule has 0 fully saturated rings. The minimum absolute atomic E-state index is 0.211. The number of amides is 1. The van der Waals surface area contributed by atoms with Crippen molar-refractivity contribution in [2.45, 2.75) is 13.3 Å². The van der Waals surface area contributed by atoms with E-state index in [0.29, 0.717) is 18.1 Å². The first kappa shape index (κ1) is 14.8. The highest BCUT2D eigenvalue weighted by Gasteiger charge is 2.07. The van der Waals surface area contributed by atoms with Crippen LogP contribution in [0, 0.1) is 0 Å². The Morgan fingerprint density at radius 2 is 2.14 bits per heavy atom. The number of carbonyl (C=O) groups excluding carboxylic acids is 1. The molecule has 1 aromatic carbocycles. The molecular formula is C15H18N4O2. The molecule has 0 aliphatic heterocycles. The van der Waals surface area contributed by atoms with Gasteiger partial charge in [-0.2, -0.15) is 0 Å². The number of hydrogen-bond donors (Lipinski definition) is 2. The van der Waals surface area contributed by atoms with Crippen molar-refractivity contribution in [3.05, 3.63) is 42.4 Å². The number of rotatable bonds is 6. The summed E-state index contributed by atoms with van der Waals surface area (Å²) < 4.78 is 5.15. The van der Waals surface area contributed by atoms with Crippen LogP contribution in [0.25, 0.3) is 0 Å². The van der Waals surface area contributed by atoms with Crippen LogP contribution in [-0.4, -0.2) is 29.5 Å². The SMILES string of the molecule is CCCNC(=O)c1cnc(Nc2cccc(OC)c2)cn1. The number of hydrogen-bond acceptors (Lipinski definition) is 5. The zero-order chi connectivity index (χ0) is 15.1. The number of carbonyl (C=O) groups is 1. The van der Waals surface area contributed by atoms with Crippen molar-refractivity contribution < 1.29 is 9.53 Å². The molecule has 0 unspecified atom stereocenters. The van der Waals surface area contributed by atoms with Gasteiger partial charge in [0.1, 0.15) is 17.3 Å². The van der Waals surface area contributed by atoms with Gasteiger partial charge >= 0.3 is 0 Å². The topological polar surface area (TPSA) is 76.1 Å². The number of nitrogens with one attached hydrogen (secondary N) is 2. The van der Waals surface area contributed by atoms with E-state index in [1.165, 1.54) is 12.4 Å². The fourth-order valence-corrected chi connectivity index (χ4v) is 1.69. The largest absolute Gasteiger partial charge is 0.497 e. The Bertz CT molecular complexity index is 599. The number of anilines is 2. The molecule has 2 rings (SSSR count). The first-order chi connectivity index (χ1) is 10.2. The Balaban J connectivity index is 2.03. The minimum atomic E-state index is -0.211. The van der Waals surface area contributed by atoms with Gasteiger partial charge in [0, 0.05) is 18.3 Å². The van der Waals surface area contributed by atoms with Gasteiger partial charge in [-0.25, -0.2) is 9.97 Å². The molecule has 1 heterocycles. The maximum Gasteiger partial charge on any atom is 0.271 e. The molecule has 0 aliphatic rings. The zero-order valence-corrected chi connectivity index (χ0v) is 12.1. The van der Waals surface area contributed by atoms with E-state index in [9.17, 15) is 4.79 Å². The number of nitrogens with zero attached hydrogens (tertiary/aromatic N) is 2. The van der Waals surface area contributed by atoms with Crippen molar-refractivity contribution in [2.75, 3.05) is 19.0 Å². The summed E-state index contributed by atoms with van der Waals surface area (Å²) in [6.45, 7) is 2.62. The smallest absolute Gasteiger partial charge is 0.271 e. The summed E-state index contributed by atoms with van der Waals surface area (Å²) in [6.07, 6.45) is 3.86. The first-order valence-electron chi connectivity index (χ1n) is 6.74. The van der Waals surface area contributed by atoms with Crippen molar-refractivity contribution in [2.24, 2.45) is 0 Å². The van der Waals surface area contributed by atoms with E-state index in [-0.39, 0.29) is 5.91 Å². The number of benzene rings is 1. The third-order valence-electron chi connectivity index (χ3n) is 2.76. The fourth-order valence-electron chi connectivity index (χ4n) is 1.69. The second kappa shape index (κ2) is 7.23. The lowest BCUT2D eigenvalue weighted by Crippen LogP contribution is -2.25. The molecule has 21 heavy (non-hydrogen) atoms. The average molecular weight is 286 g/mol. The van der Waals surface area contributed by atoms with Crippen LogP contribution < -0.4 is 15.4 Å². The zero-order valence-electron chi connectivity index (χ0n) is 12.1. The standard InChI is InChI=1S/C15H18N4O2/c1-3-7-16-15(20)13-9-18-14(10-17-13)19-11-5-4-6-12(8-11)21-2/h4-6,8-10H,3,7H2,1-2H3,(H,16,20)(H,18,19). The van der Waals surface area contributed by atoms with E-state index in [1.54, 1.807) is 7.11 Å². The van der Waals surface area contributed by atoms with Crippen LogP contribution in [0.3, 0.4) is 0 Å². The Morgan fingerprint density at radius 3 is 2.81 bits per heavy atom. The van der Waals surface area contributed by atoms with Crippen LogP contribution in [0.15, 0.2) is 36.7 Å². The summed E-state index contributed by atoms with van der Waals surface area (Å²) in [5.74, 6) is 1.11. The van der Waals surface area contributed by atoms with Gasteiger partial charge in [0.2, 0.25) is 0 Å². The van der Waals surface area contributed by atoms with E-state index in [0.717, 1.165) is 17.9 Å². The quantitative estimate of drug-likeness (QED) is 0.852. The van der Waals surface area contributed by atoms with Gasteiger partial charge in [-0.15, -0.1) is 0 Å². The monoisotopic (exact) mass is 286 g/mol. The number of ether oxygens (including phenoxy) is 1. The highest BCUT2D eigenvalue weighted by atomic mass is 16.5. The Labute approximate surface area is 123 Å². The lowest BCUT2D eigenvalue weighted by atomic mass is 10.3. The van der Waals surface area contributed by atoms with Crippen LogP contribution in [0.5, 0.6) is 5.75 Å². The van der Waals surface area contributed by atoms with Crippen molar-refractivity contribution in [1.82, 2.24) is 15.3 Å². The molecule has 2 N–H and O–H groups in total. The van der Waals surface area contributed by atoms with E-state index < -0.39 is 0 Å². The highest BCUT2D eigenvalue weighted by molar-refractivity contribution is 5.92. The fraction of sp³-hybridized carbons (Fsp3) is 0.267. The van der Waals surface area contributed by atoms with Gasteiger partial charge in [0.15, 0.2) is 0 Å². The molecule has 6 nitrogen and oxygen atoms in total. The Morgan fingerprint density at radius 1 is 1.29 bits per heavy atom. The Hall–Kier alpha value is -2.63. The lowest BCUT2D eigenvalue weighted by Gasteiger charge is -2.07. The van der Waals surface area contributed by atoms with Crippen molar-refractivity contribution in [3.8, 4) is 5.75 Å². The minimum Gasteiger partial charge on any atom is -0.497 e. The lowest BCUT2D eigenvalue weighted by molar-refractivity contribution is 0.0948. The molecule has 0 saturated carbocycles. The van der Waals surface area contributed by atoms with Gasteiger partial charge in [-0.1, -0.05) is 13.0 Å². The predicted octanol–water partition coefficient (Wildman–Crippen LogP) is 2.37. The van der Waals surface area contributed by atoms with Gasteiger partial charge in [0.25, 0.3) is 5.91 Å². The third kappa shape index (κ3) is 4.17. The number of methoxy groups -OCH3 is 1. The molecule has 6 heteroatoms. The predicted molar refractivity (Wildman–Crippen MR) is 80.9 cm³/mol. The van der Waals surface area contributed by atoms with Gasteiger partial charge in [0.05, 0.1) is 19.5 Å². The van der Waals surface area contributed by atoms with Gasteiger partial charge in [-0.3, -0.25) is 4.79 Å². The molecule has 110 valence electrons. The van der Waals surface area contributed by atoms with E-state index in [1.807, 2.05) is 31.2 Å². The van der Waals surface area contributed by atoms with Crippen LogP contribution in [0.2, 0.25) is 0 Å². The van der Waals surface area contributed by atoms with Gasteiger partial charge < -0.3 is 15.4 Å². The van der Waals surface area contributed by atoms with Crippen molar-refractivity contribution in [3.63, 3.8) is 0 Å². The van der Waals surface area contributed by atoms with E-state index in [4.69, 9.17) is 4.74 Å². The Kier molecular flexibility index (Phi) is 5.09. The van der Waals surface area contributed by atoms with E-state index in [2.05, 4.69) is 20.6 Å².